The van der Waals surface area contributed by atoms with Gasteiger partial charge in [0.25, 0.3) is 5.88 Å². The van der Waals surface area contributed by atoms with E-state index in [1.54, 1.807) is 0 Å². The number of aromatic nitrogens is 3. The first-order valence-electron chi connectivity index (χ1n) is 4.93. The highest BCUT2D eigenvalue weighted by atomic mass is 19.1. The molecule has 7 heteroatoms. The summed E-state index contributed by atoms with van der Waals surface area (Å²) in [7, 11) is 0. The third-order valence-corrected chi connectivity index (χ3v) is 2.11. The molecule has 2 rings (SSSR count). The Morgan fingerprint density at radius 3 is 2.89 bits per heavy atom. The number of halogens is 1. The molecule has 2 aromatic rings. The third kappa shape index (κ3) is 2.24. The van der Waals surface area contributed by atoms with Crippen LogP contribution in [0.25, 0.3) is 0 Å². The van der Waals surface area contributed by atoms with Crippen LogP contribution in [0.2, 0.25) is 0 Å². The van der Waals surface area contributed by atoms with E-state index in [2.05, 4.69) is 15.0 Å². The highest BCUT2D eigenvalue weighted by Crippen LogP contribution is 2.24. The molecule has 0 fully saturated rings. The van der Waals surface area contributed by atoms with E-state index in [0.29, 0.717) is 0 Å². The molecule has 6 nitrogen and oxygen atoms in total. The van der Waals surface area contributed by atoms with Crippen molar-refractivity contribution in [1.82, 2.24) is 15.0 Å². The zero-order valence-electron chi connectivity index (χ0n) is 9.29. The fourth-order valence-electron chi connectivity index (χ4n) is 1.24. The maximum absolute atomic E-state index is 13.6. The number of carboxylic acids is 1. The Labute approximate surface area is 101 Å². The number of hydrogen-bond donors (Lipinski definition) is 1. The van der Waals surface area contributed by atoms with Crippen molar-refractivity contribution in [3.63, 3.8) is 0 Å². The van der Waals surface area contributed by atoms with E-state index >= 15 is 0 Å². The lowest BCUT2D eigenvalue weighted by Gasteiger charge is -2.07. The first-order chi connectivity index (χ1) is 8.59. The van der Waals surface area contributed by atoms with Crippen LogP contribution in [0.5, 0.6) is 11.6 Å². The lowest BCUT2D eigenvalue weighted by Crippen LogP contribution is -2.04. The van der Waals surface area contributed by atoms with Gasteiger partial charge in [-0.1, -0.05) is 0 Å². The lowest BCUT2D eigenvalue weighted by atomic mass is 10.3. The molecule has 0 saturated carbocycles. The lowest BCUT2D eigenvalue weighted by molar-refractivity contribution is 0.0687. The summed E-state index contributed by atoms with van der Waals surface area (Å²) in [5.41, 5.74) is -0.200. The minimum absolute atomic E-state index is 0.0815. The molecular formula is C11H8FN3O3. The highest BCUT2D eigenvalue weighted by molar-refractivity contribution is 5.88. The number of carboxylic acid groups (broad SMARTS) is 1. The van der Waals surface area contributed by atoms with Gasteiger partial charge in [-0.05, 0) is 19.1 Å². The summed E-state index contributed by atoms with van der Waals surface area (Å²) in [6.45, 7) is 1.45. The van der Waals surface area contributed by atoms with E-state index < -0.39 is 11.8 Å². The zero-order valence-corrected chi connectivity index (χ0v) is 9.29. The van der Waals surface area contributed by atoms with Crippen molar-refractivity contribution in [1.29, 1.82) is 0 Å². The van der Waals surface area contributed by atoms with E-state index in [0.717, 1.165) is 6.33 Å². The van der Waals surface area contributed by atoms with Gasteiger partial charge in [0.2, 0.25) is 5.82 Å². The number of nitrogens with zero attached hydrogens (tertiary/aromatic N) is 3. The second kappa shape index (κ2) is 4.74. The van der Waals surface area contributed by atoms with Crippen LogP contribution >= 0.6 is 0 Å². The standard InChI is InChI=1S/C11H8FN3O3/c1-6-8(12)10(15-5-14-6)18-7-3-2-4-13-9(7)11(16)17/h2-5H,1H3,(H,16,17). The van der Waals surface area contributed by atoms with Gasteiger partial charge in [-0.15, -0.1) is 0 Å². The second-order valence-corrected chi connectivity index (χ2v) is 3.34. The van der Waals surface area contributed by atoms with Crippen LogP contribution in [0.1, 0.15) is 16.2 Å². The van der Waals surface area contributed by atoms with Gasteiger partial charge in [0, 0.05) is 6.20 Å². The van der Waals surface area contributed by atoms with Gasteiger partial charge in [-0.2, -0.15) is 9.37 Å². The molecule has 92 valence electrons. The van der Waals surface area contributed by atoms with Crippen LogP contribution in [-0.2, 0) is 0 Å². The number of aryl methyl sites for hydroxylation is 1. The Morgan fingerprint density at radius 2 is 2.17 bits per heavy atom. The van der Waals surface area contributed by atoms with E-state index in [9.17, 15) is 9.18 Å². The molecule has 0 atom stereocenters. The Kier molecular flexibility index (Phi) is 3.13. The summed E-state index contributed by atoms with van der Waals surface area (Å²) >= 11 is 0. The first kappa shape index (κ1) is 11.9. The molecule has 0 aliphatic heterocycles. The average Bonchev–Trinajstić information content (AvgIpc) is 2.35. The minimum atomic E-state index is -1.27. The zero-order chi connectivity index (χ0) is 13.1. The van der Waals surface area contributed by atoms with Crippen molar-refractivity contribution in [2.45, 2.75) is 6.92 Å². The minimum Gasteiger partial charge on any atom is -0.476 e. The molecule has 0 unspecified atom stereocenters. The quantitative estimate of drug-likeness (QED) is 0.892. The summed E-state index contributed by atoms with van der Waals surface area (Å²) in [5.74, 6) is -2.42. The maximum Gasteiger partial charge on any atom is 0.358 e. The molecule has 0 radical (unpaired) electrons. The fraction of sp³-hybridized carbons (Fsp3) is 0.0909. The van der Waals surface area contributed by atoms with Crippen molar-refractivity contribution in [2.24, 2.45) is 0 Å². The van der Waals surface area contributed by atoms with Gasteiger partial charge >= 0.3 is 5.97 Å². The number of aromatic carboxylic acids is 1. The average molecular weight is 249 g/mol. The highest BCUT2D eigenvalue weighted by Gasteiger charge is 2.16. The smallest absolute Gasteiger partial charge is 0.358 e. The summed E-state index contributed by atoms with van der Waals surface area (Å²) in [4.78, 5) is 21.8. The van der Waals surface area contributed by atoms with Crippen LogP contribution in [0.4, 0.5) is 4.39 Å². The van der Waals surface area contributed by atoms with Gasteiger partial charge < -0.3 is 9.84 Å². The van der Waals surface area contributed by atoms with Gasteiger partial charge in [-0.25, -0.2) is 14.8 Å². The van der Waals surface area contributed by atoms with Crippen molar-refractivity contribution >= 4 is 5.97 Å². The molecular weight excluding hydrogens is 241 g/mol. The number of pyridine rings is 1. The Hall–Kier alpha value is -2.57. The SMILES string of the molecule is Cc1ncnc(Oc2cccnc2C(=O)O)c1F. The molecule has 0 bridgehead atoms. The predicted octanol–water partition coefficient (Wildman–Crippen LogP) is 1.81. The van der Waals surface area contributed by atoms with Crippen molar-refractivity contribution in [2.75, 3.05) is 0 Å². The van der Waals surface area contributed by atoms with Crippen LogP contribution in [0.3, 0.4) is 0 Å². The number of hydrogen-bond acceptors (Lipinski definition) is 5. The van der Waals surface area contributed by atoms with Gasteiger partial charge in [0.15, 0.2) is 11.4 Å². The van der Waals surface area contributed by atoms with Crippen molar-refractivity contribution in [3.8, 4) is 11.6 Å². The van der Waals surface area contributed by atoms with E-state index in [-0.39, 0.29) is 23.0 Å². The molecule has 2 heterocycles. The van der Waals surface area contributed by atoms with Crippen LogP contribution in [-0.4, -0.2) is 26.0 Å². The van der Waals surface area contributed by atoms with E-state index in [1.807, 2.05) is 0 Å². The van der Waals surface area contributed by atoms with Crippen molar-refractivity contribution < 1.29 is 19.0 Å². The van der Waals surface area contributed by atoms with E-state index in [4.69, 9.17) is 9.84 Å². The second-order valence-electron chi connectivity index (χ2n) is 3.34. The molecule has 0 amide bonds. The Morgan fingerprint density at radius 1 is 1.39 bits per heavy atom. The summed E-state index contributed by atoms with van der Waals surface area (Å²) in [6, 6.07) is 2.85. The number of carbonyl (C=O) groups is 1. The van der Waals surface area contributed by atoms with Gasteiger partial charge in [0.1, 0.15) is 6.33 Å². The van der Waals surface area contributed by atoms with Crippen LogP contribution < -0.4 is 4.74 Å². The number of ether oxygens (including phenoxy) is 1. The predicted molar refractivity (Wildman–Crippen MR) is 58.0 cm³/mol. The normalized spacial score (nSPS) is 10.1. The summed E-state index contributed by atoms with van der Waals surface area (Å²) < 4.78 is 18.7. The molecule has 0 spiro atoms. The molecule has 18 heavy (non-hydrogen) atoms. The molecule has 0 aromatic carbocycles. The molecule has 0 aliphatic rings. The summed E-state index contributed by atoms with van der Waals surface area (Å²) in [5, 5.41) is 8.90. The first-order valence-corrected chi connectivity index (χ1v) is 4.93. The van der Waals surface area contributed by atoms with Gasteiger partial charge in [-0.3, -0.25) is 0 Å². The monoisotopic (exact) mass is 249 g/mol. The fourth-order valence-corrected chi connectivity index (χ4v) is 1.24. The van der Waals surface area contributed by atoms with Crippen LogP contribution in [0.15, 0.2) is 24.7 Å². The molecule has 1 N–H and O–H groups in total. The molecule has 2 aromatic heterocycles. The van der Waals surface area contributed by atoms with Crippen molar-refractivity contribution in [3.05, 3.63) is 41.9 Å². The molecule has 0 aliphatic carbocycles. The van der Waals surface area contributed by atoms with Crippen LogP contribution in [0, 0.1) is 12.7 Å². The maximum atomic E-state index is 13.6. The summed E-state index contributed by atoms with van der Waals surface area (Å²) in [6.07, 6.45) is 2.43. The topological polar surface area (TPSA) is 85.2 Å². The molecule has 0 saturated heterocycles. The third-order valence-electron chi connectivity index (χ3n) is 2.11. The van der Waals surface area contributed by atoms with E-state index in [1.165, 1.54) is 25.3 Å². The Balaban J connectivity index is 2.40. The largest absolute Gasteiger partial charge is 0.476 e. The number of rotatable bonds is 3. The van der Waals surface area contributed by atoms with Gasteiger partial charge in [0.05, 0.1) is 5.69 Å². The Bertz CT molecular complexity index is 604.